The third-order valence-corrected chi connectivity index (χ3v) is 11.5. The van der Waals surface area contributed by atoms with E-state index < -0.39 is 23.8 Å². The first-order valence-electron chi connectivity index (χ1n) is 19.6. The van der Waals surface area contributed by atoms with Gasteiger partial charge in [0, 0.05) is 64.5 Å². The molecular formula is C45H47N5O6. The van der Waals surface area contributed by atoms with Crippen LogP contribution in [-0.2, 0) is 9.59 Å². The van der Waals surface area contributed by atoms with E-state index in [9.17, 15) is 24.3 Å². The topological polar surface area (TPSA) is 123 Å². The van der Waals surface area contributed by atoms with Crippen LogP contribution < -0.4 is 15.0 Å². The van der Waals surface area contributed by atoms with Gasteiger partial charge in [0.25, 0.3) is 11.8 Å². The average molecular weight is 754 g/mol. The maximum Gasteiger partial charge on any atom is 0.262 e. The lowest BCUT2D eigenvalue weighted by Crippen LogP contribution is -2.55. The first-order chi connectivity index (χ1) is 27.2. The molecule has 3 fully saturated rings. The van der Waals surface area contributed by atoms with Crippen molar-refractivity contribution in [2.45, 2.75) is 32.2 Å². The number of piperidine rings is 1. The highest BCUT2D eigenvalue weighted by Gasteiger charge is 2.45. The molecule has 56 heavy (non-hydrogen) atoms. The number of piperazine rings is 1. The van der Waals surface area contributed by atoms with Gasteiger partial charge in [-0.05, 0) is 89.1 Å². The van der Waals surface area contributed by atoms with E-state index in [1.54, 1.807) is 24.3 Å². The number of hydrogen-bond acceptors (Lipinski definition) is 9. The number of amides is 4. The third kappa shape index (κ3) is 7.69. The quantitative estimate of drug-likeness (QED) is 0.147. The predicted molar refractivity (Wildman–Crippen MR) is 214 cm³/mol. The number of fused-ring (bicyclic) bond motifs is 1. The van der Waals surface area contributed by atoms with Crippen molar-refractivity contribution >= 4 is 40.5 Å². The highest BCUT2D eigenvalue weighted by Crippen LogP contribution is 2.36. The molecule has 0 aromatic heterocycles. The van der Waals surface area contributed by atoms with Crippen molar-refractivity contribution in [3.63, 3.8) is 0 Å². The number of benzene rings is 4. The molecule has 1 atom stereocenters. The number of allylic oxidation sites excluding steroid dienone is 1. The molecule has 11 nitrogen and oxygen atoms in total. The van der Waals surface area contributed by atoms with Gasteiger partial charge in [-0.25, -0.2) is 0 Å². The van der Waals surface area contributed by atoms with E-state index in [0.29, 0.717) is 23.7 Å². The summed E-state index contributed by atoms with van der Waals surface area (Å²) in [6.07, 6.45) is 1.11. The molecule has 4 aliphatic heterocycles. The molecule has 4 amide bonds. The second kappa shape index (κ2) is 16.1. The maximum absolute atomic E-state index is 13.3. The Hall–Kier alpha value is -5.78. The van der Waals surface area contributed by atoms with Gasteiger partial charge in [-0.15, -0.1) is 0 Å². The van der Waals surface area contributed by atoms with E-state index in [1.165, 1.54) is 11.1 Å². The zero-order valence-corrected chi connectivity index (χ0v) is 31.7. The fourth-order valence-corrected chi connectivity index (χ4v) is 8.50. The molecule has 0 radical (unpaired) electrons. The summed E-state index contributed by atoms with van der Waals surface area (Å²) in [7, 11) is 0. The Balaban J connectivity index is 0.791. The van der Waals surface area contributed by atoms with E-state index in [1.807, 2.05) is 36.4 Å². The maximum atomic E-state index is 13.3. The summed E-state index contributed by atoms with van der Waals surface area (Å²) in [5.74, 6) is -0.233. The summed E-state index contributed by atoms with van der Waals surface area (Å²) in [6, 6.07) is 30.6. The number of phenols is 1. The van der Waals surface area contributed by atoms with Gasteiger partial charge in [-0.2, -0.15) is 0 Å². The largest absolute Gasteiger partial charge is 0.508 e. The number of carbonyl (C=O) groups excluding carboxylic acids is 4. The molecule has 4 aromatic rings. The number of rotatable bonds is 12. The van der Waals surface area contributed by atoms with Crippen LogP contribution in [0.25, 0.3) is 11.1 Å². The van der Waals surface area contributed by atoms with Crippen molar-refractivity contribution in [1.29, 1.82) is 0 Å². The first kappa shape index (κ1) is 37.2. The van der Waals surface area contributed by atoms with Gasteiger partial charge in [0.1, 0.15) is 24.1 Å². The second-order valence-electron chi connectivity index (χ2n) is 15.1. The highest BCUT2D eigenvalue weighted by atomic mass is 16.5. The van der Waals surface area contributed by atoms with Gasteiger partial charge in [0.05, 0.1) is 11.1 Å². The summed E-state index contributed by atoms with van der Waals surface area (Å²) < 4.78 is 6.19. The van der Waals surface area contributed by atoms with Gasteiger partial charge in [-0.3, -0.25) is 39.2 Å². The molecule has 0 saturated carbocycles. The summed E-state index contributed by atoms with van der Waals surface area (Å²) >= 11 is 0. The van der Waals surface area contributed by atoms with Crippen molar-refractivity contribution in [1.82, 2.24) is 20.0 Å². The molecule has 4 aromatic carbocycles. The van der Waals surface area contributed by atoms with Crippen LogP contribution in [0.1, 0.15) is 63.6 Å². The number of aromatic hydroxyl groups is 1. The van der Waals surface area contributed by atoms with Crippen molar-refractivity contribution in [3.05, 3.63) is 125 Å². The lowest BCUT2D eigenvalue weighted by Gasteiger charge is -2.44. The summed E-state index contributed by atoms with van der Waals surface area (Å²) in [4.78, 5) is 58.6. The van der Waals surface area contributed by atoms with Crippen molar-refractivity contribution in [3.8, 4) is 11.5 Å². The van der Waals surface area contributed by atoms with Crippen LogP contribution >= 0.6 is 0 Å². The minimum absolute atomic E-state index is 0.0992. The zero-order chi connectivity index (χ0) is 38.8. The Morgan fingerprint density at radius 2 is 1.45 bits per heavy atom. The van der Waals surface area contributed by atoms with E-state index in [0.717, 1.165) is 91.8 Å². The van der Waals surface area contributed by atoms with Gasteiger partial charge in [0.15, 0.2) is 0 Å². The lowest BCUT2D eigenvalue weighted by atomic mass is 9.88. The number of nitrogens with zero attached hydrogens (tertiary/aromatic N) is 4. The number of imide groups is 2. The lowest BCUT2D eigenvalue weighted by molar-refractivity contribution is -0.136. The van der Waals surface area contributed by atoms with Crippen molar-refractivity contribution in [2.75, 3.05) is 63.9 Å². The molecule has 0 spiro atoms. The Morgan fingerprint density at radius 3 is 2.12 bits per heavy atom. The fourth-order valence-electron chi connectivity index (χ4n) is 8.50. The summed E-state index contributed by atoms with van der Waals surface area (Å²) in [6.45, 7) is 10.3. The molecule has 0 aliphatic carbocycles. The zero-order valence-electron chi connectivity index (χ0n) is 31.7. The Kier molecular flexibility index (Phi) is 10.7. The standard InChI is InChI=1S/C45H47N5O6/c1-2-37(31-6-4-3-5-7-31)42(32-8-13-35(51)14-9-32)33-10-15-36(16-11-33)56-25-24-48-28-30(29-48)27-47-20-22-49(23-21-47)34-12-17-38-39(26-34)45(55)50(44(38)54)40-18-19-41(52)46-43(40)53/h3-17,26,30,40,51H,2,18-25,27-29H2,1H3,(H,46,52,53)/b42-37-. The molecule has 3 saturated heterocycles. The molecule has 8 rings (SSSR count). The van der Waals surface area contributed by atoms with Crippen LogP contribution in [0.5, 0.6) is 11.5 Å². The van der Waals surface area contributed by atoms with Gasteiger partial charge in [0.2, 0.25) is 11.8 Å². The van der Waals surface area contributed by atoms with Gasteiger partial charge in [-0.1, -0.05) is 61.5 Å². The molecule has 288 valence electrons. The van der Waals surface area contributed by atoms with Gasteiger partial charge < -0.3 is 14.7 Å². The molecule has 2 N–H and O–H groups in total. The van der Waals surface area contributed by atoms with Crippen LogP contribution in [0.4, 0.5) is 5.69 Å². The van der Waals surface area contributed by atoms with Crippen LogP contribution in [0.3, 0.4) is 0 Å². The number of carbonyl (C=O) groups is 4. The average Bonchev–Trinajstić information content (AvgIpc) is 3.45. The Labute approximate surface area is 327 Å². The van der Waals surface area contributed by atoms with Crippen LogP contribution in [-0.4, -0.2) is 108 Å². The first-order valence-corrected chi connectivity index (χ1v) is 19.6. The Bertz CT molecular complexity index is 2140. The minimum Gasteiger partial charge on any atom is -0.508 e. The van der Waals surface area contributed by atoms with E-state index in [2.05, 4.69) is 63.3 Å². The smallest absolute Gasteiger partial charge is 0.262 e. The second-order valence-corrected chi connectivity index (χ2v) is 15.1. The monoisotopic (exact) mass is 753 g/mol. The number of nitrogens with one attached hydrogen (secondary N) is 1. The molecule has 0 bridgehead atoms. The number of anilines is 1. The van der Waals surface area contributed by atoms with Crippen LogP contribution in [0.2, 0.25) is 0 Å². The number of likely N-dealkylation sites (tertiary alicyclic amines) is 1. The minimum atomic E-state index is -0.963. The van der Waals surface area contributed by atoms with E-state index in [4.69, 9.17) is 4.74 Å². The fraction of sp³-hybridized carbons (Fsp3) is 0.333. The predicted octanol–water partition coefficient (Wildman–Crippen LogP) is 5.30. The Morgan fingerprint density at radius 1 is 0.768 bits per heavy atom. The third-order valence-electron chi connectivity index (χ3n) is 11.5. The molecular weight excluding hydrogens is 707 g/mol. The van der Waals surface area contributed by atoms with E-state index >= 15 is 0 Å². The molecule has 4 heterocycles. The highest BCUT2D eigenvalue weighted by molar-refractivity contribution is 6.23. The van der Waals surface area contributed by atoms with Crippen LogP contribution in [0.15, 0.2) is 97.1 Å². The van der Waals surface area contributed by atoms with Crippen molar-refractivity contribution in [2.24, 2.45) is 5.92 Å². The van der Waals surface area contributed by atoms with Crippen LogP contribution in [0, 0.1) is 5.92 Å². The van der Waals surface area contributed by atoms with Crippen molar-refractivity contribution < 1.29 is 29.0 Å². The summed E-state index contributed by atoms with van der Waals surface area (Å²) in [5.41, 5.74) is 7.26. The normalized spacial score (nSPS) is 19.8. The molecule has 1 unspecified atom stereocenters. The number of phenolic OH excluding ortho intramolecular Hbond substituents is 1. The number of hydrogen-bond donors (Lipinski definition) is 2. The van der Waals surface area contributed by atoms with E-state index in [-0.39, 0.29) is 24.5 Å². The molecule has 11 heteroatoms. The SMILES string of the molecule is CC/C(=C(\c1ccc(O)cc1)c1ccc(OCCN2CC(CN3CCN(c4ccc5c(c4)C(=O)N(C4CCC(=O)NC4=O)C5=O)CC3)C2)cc1)c1ccccc1. The summed E-state index contributed by atoms with van der Waals surface area (Å²) in [5, 5.41) is 12.2. The number of ether oxygens (including phenoxy) is 1. The van der Waals surface area contributed by atoms with Gasteiger partial charge >= 0.3 is 0 Å². The molecule has 4 aliphatic rings.